The summed E-state index contributed by atoms with van der Waals surface area (Å²) in [6.07, 6.45) is 2.11. The number of halogens is 2. The molecule has 0 bridgehead atoms. The van der Waals surface area contributed by atoms with Gasteiger partial charge in [-0.2, -0.15) is 0 Å². The molecule has 0 aromatic heterocycles. The van der Waals surface area contributed by atoms with Crippen molar-refractivity contribution in [3.63, 3.8) is 0 Å². The largest absolute Gasteiger partial charge is 0.312 e. The molecular weight excluding hydrogens is 273 g/mol. The highest BCUT2D eigenvalue weighted by Gasteiger charge is 2.31. The van der Waals surface area contributed by atoms with Gasteiger partial charge in [-0.15, -0.1) is 0 Å². The number of aryl methyl sites for hydroxylation is 1. The Labute approximate surface area is 123 Å². The van der Waals surface area contributed by atoms with Crippen LogP contribution in [0.4, 0.5) is 4.39 Å². The molecule has 104 valence electrons. The smallest absolute Gasteiger partial charge is 0.129 e. The van der Waals surface area contributed by atoms with E-state index in [0.717, 1.165) is 12.8 Å². The van der Waals surface area contributed by atoms with Gasteiger partial charge in [-0.25, -0.2) is 4.39 Å². The molecule has 2 aromatic carbocycles. The van der Waals surface area contributed by atoms with Crippen molar-refractivity contribution in [3.05, 3.63) is 70.0 Å². The molecule has 0 radical (unpaired) electrons. The maximum atomic E-state index is 14.2. The van der Waals surface area contributed by atoms with Crippen LogP contribution in [0.25, 0.3) is 0 Å². The van der Waals surface area contributed by atoms with Crippen LogP contribution >= 0.6 is 11.6 Å². The summed E-state index contributed by atoms with van der Waals surface area (Å²) in [5.41, 5.74) is 3.41. The van der Waals surface area contributed by atoms with E-state index in [1.165, 1.54) is 17.2 Å². The third-order valence-electron chi connectivity index (χ3n) is 4.19. The highest BCUT2D eigenvalue weighted by Crippen LogP contribution is 2.42. The summed E-state index contributed by atoms with van der Waals surface area (Å²) in [7, 11) is 1.89. The Hall–Kier alpha value is -1.38. The molecule has 2 aromatic rings. The van der Waals surface area contributed by atoms with Gasteiger partial charge in [0.2, 0.25) is 0 Å². The Morgan fingerprint density at radius 1 is 1.25 bits per heavy atom. The summed E-state index contributed by atoms with van der Waals surface area (Å²) in [6.45, 7) is 0. The van der Waals surface area contributed by atoms with Gasteiger partial charge in [-0.3, -0.25) is 0 Å². The van der Waals surface area contributed by atoms with E-state index in [-0.39, 0.29) is 11.9 Å². The van der Waals surface area contributed by atoms with Gasteiger partial charge in [0.1, 0.15) is 5.82 Å². The molecule has 20 heavy (non-hydrogen) atoms. The Morgan fingerprint density at radius 3 is 2.80 bits per heavy atom. The fraction of sp³-hybridized carbons (Fsp3) is 0.294. The molecule has 0 fully saturated rings. The van der Waals surface area contributed by atoms with Crippen LogP contribution in [0.5, 0.6) is 0 Å². The van der Waals surface area contributed by atoms with Crippen LogP contribution in [0.2, 0.25) is 5.02 Å². The minimum Gasteiger partial charge on any atom is -0.312 e. The number of fused-ring (bicyclic) bond motifs is 1. The van der Waals surface area contributed by atoms with Crippen molar-refractivity contribution in [1.29, 1.82) is 0 Å². The second-order valence-electron chi connectivity index (χ2n) is 5.28. The van der Waals surface area contributed by atoms with Gasteiger partial charge in [-0.05, 0) is 43.1 Å². The Morgan fingerprint density at radius 2 is 2.05 bits per heavy atom. The van der Waals surface area contributed by atoms with Crippen LogP contribution in [0.15, 0.2) is 42.5 Å². The fourth-order valence-corrected chi connectivity index (χ4v) is 3.42. The van der Waals surface area contributed by atoms with E-state index in [9.17, 15) is 4.39 Å². The maximum Gasteiger partial charge on any atom is 0.129 e. The first-order valence-corrected chi connectivity index (χ1v) is 7.28. The Bertz CT molecular complexity index is 626. The number of hydrogen-bond acceptors (Lipinski definition) is 1. The zero-order valence-corrected chi connectivity index (χ0v) is 12.1. The lowest BCUT2D eigenvalue weighted by atomic mass is 9.88. The van der Waals surface area contributed by atoms with E-state index in [1.54, 1.807) is 12.1 Å². The van der Waals surface area contributed by atoms with Crippen LogP contribution in [-0.2, 0) is 6.42 Å². The number of benzene rings is 2. The minimum absolute atomic E-state index is 0.0177. The van der Waals surface area contributed by atoms with Crippen LogP contribution in [0.1, 0.15) is 35.1 Å². The number of nitrogens with one attached hydrogen (secondary N) is 1. The maximum absolute atomic E-state index is 14.2. The molecule has 1 N–H and O–H groups in total. The first kappa shape index (κ1) is 13.6. The number of likely N-dealkylation sites (N-methyl/N-ethyl adjacent to an activating group) is 1. The normalized spacial score (nSPS) is 18.9. The first-order chi connectivity index (χ1) is 9.70. The summed E-state index contributed by atoms with van der Waals surface area (Å²) in [5.74, 6) is 0.0770. The van der Waals surface area contributed by atoms with Crippen molar-refractivity contribution in [1.82, 2.24) is 5.32 Å². The van der Waals surface area contributed by atoms with E-state index >= 15 is 0 Å². The minimum atomic E-state index is -0.235. The zero-order chi connectivity index (χ0) is 14.1. The van der Waals surface area contributed by atoms with Crippen molar-refractivity contribution in [2.24, 2.45) is 0 Å². The predicted molar refractivity (Wildman–Crippen MR) is 80.7 cm³/mol. The number of hydrogen-bond donors (Lipinski definition) is 1. The van der Waals surface area contributed by atoms with Crippen LogP contribution in [-0.4, -0.2) is 7.05 Å². The molecule has 0 heterocycles. The molecule has 1 aliphatic carbocycles. The molecule has 1 nitrogen and oxygen atoms in total. The highest BCUT2D eigenvalue weighted by atomic mass is 35.5. The van der Waals surface area contributed by atoms with E-state index < -0.39 is 0 Å². The second kappa shape index (κ2) is 5.55. The van der Waals surface area contributed by atoms with E-state index in [0.29, 0.717) is 16.5 Å². The summed E-state index contributed by atoms with van der Waals surface area (Å²) in [5, 5.41) is 3.72. The monoisotopic (exact) mass is 289 g/mol. The molecule has 0 amide bonds. The third-order valence-corrected chi connectivity index (χ3v) is 4.43. The quantitative estimate of drug-likeness (QED) is 0.879. The van der Waals surface area contributed by atoms with Gasteiger partial charge in [0.15, 0.2) is 0 Å². The molecule has 0 aliphatic heterocycles. The molecule has 3 heteroatoms. The molecule has 2 atom stereocenters. The summed E-state index contributed by atoms with van der Waals surface area (Å²) in [6, 6.07) is 13.4. The zero-order valence-electron chi connectivity index (χ0n) is 11.4. The predicted octanol–water partition coefficient (Wildman–Crippen LogP) is 4.47. The van der Waals surface area contributed by atoms with Crippen molar-refractivity contribution >= 4 is 11.6 Å². The SMILES string of the molecule is CNC(c1ccc(Cl)cc1F)C1CCc2ccccc21. The Balaban J connectivity index is 1.99. The first-order valence-electron chi connectivity index (χ1n) is 6.90. The third kappa shape index (κ3) is 2.34. The topological polar surface area (TPSA) is 12.0 Å². The van der Waals surface area contributed by atoms with E-state index in [4.69, 9.17) is 11.6 Å². The average molecular weight is 290 g/mol. The standard InChI is InChI=1S/C17H17ClFN/c1-20-17(15-9-7-12(18)10-16(15)19)14-8-6-11-4-2-3-5-13(11)14/h2-5,7,9-10,14,17,20H,6,8H2,1H3. The highest BCUT2D eigenvalue weighted by molar-refractivity contribution is 6.30. The molecule has 0 saturated carbocycles. The van der Waals surface area contributed by atoms with Crippen LogP contribution in [0, 0.1) is 5.82 Å². The summed E-state index contributed by atoms with van der Waals surface area (Å²) < 4.78 is 14.2. The lowest BCUT2D eigenvalue weighted by molar-refractivity contribution is 0.454. The Kier molecular flexibility index (Phi) is 3.77. The summed E-state index contributed by atoms with van der Waals surface area (Å²) >= 11 is 5.85. The van der Waals surface area contributed by atoms with Gasteiger partial charge in [0.25, 0.3) is 0 Å². The lowest BCUT2D eigenvalue weighted by Crippen LogP contribution is -2.23. The number of rotatable bonds is 3. The van der Waals surface area contributed by atoms with E-state index in [1.807, 2.05) is 7.05 Å². The van der Waals surface area contributed by atoms with Crippen LogP contribution in [0.3, 0.4) is 0 Å². The van der Waals surface area contributed by atoms with Crippen molar-refractivity contribution in [3.8, 4) is 0 Å². The second-order valence-corrected chi connectivity index (χ2v) is 5.71. The van der Waals surface area contributed by atoms with E-state index in [2.05, 4.69) is 29.6 Å². The van der Waals surface area contributed by atoms with Crippen molar-refractivity contribution < 1.29 is 4.39 Å². The van der Waals surface area contributed by atoms with Crippen LogP contribution < -0.4 is 5.32 Å². The van der Waals surface area contributed by atoms with Crippen molar-refractivity contribution in [2.45, 2.75) is 24.8 Å². The lowest BCUT2D eigenvalue weighted by Gasteiger charge is -2.25. The molecule has 0 saturated heterocycles. The van der Waals surface area contributed by atoms with Gasteiger partial charge >= 0.3 is 0 Å². The molecule has 0 spiro atoms. The summed E-state index contributed by atoms with van der Waals surface area (Å²) in [4.78, 5) is 0. The molecule has 2 unspecified atom stereocenters. The van der Waals surface area contributed by atoms with Gasteiger partial charge in [0.05, 0.1) is 0 Å². The molecule has 1 aliphatic rings. The molecule has 3 rings (SSSR count). The van der Waals surface area contributed by atoms with Gasteiger partial charge < -0.3 is 5.32 Å². The van der Waals surface area contributed by atoms with Crippen molar-refractivity contribution in [2.75, 3.05) is 7.05 Å². The molecular formula is C17H17ClFN. The van der Waals surface area contributed by atoms with Gasteiger partial charge in [-0.1, -0.05) is 41.9 Å². The average Bonchev–Trinajstić information content (AvgIpc) is 2.86. The van der Waals surface area contributed by atoms with Gasteiger partial charge in [0, 0.05) is 22.5 Å². The fourth-order valence-electron chi connectivity index (χ4n) is 3.26.